The van der Waals surface area contributed by atoms with E-state index in [9.17, 15) is 0 Å². The summed E-state index contributed by atoms with van der Waals surface area (Å²) >= 11 is 0. The Hall–Kier alpha value is -2.47. The lowest BCUT2D eigenvalue weighted by atomic mass is 10.1. The lowest BCUT2D eigenvalue weighted by Gasteiger charge is -2.15. The molecular weight excluding hydrogens is 260 g/mol. The molecule has 0 bridgehead atoms. The third kappa shape index (κ3) is 4.54. The summed E-state index contributed by atoms with van der Waals surface area (Å²) in [5.41, 5.74) is 3.20. The largest absolute Gasteiger partial charge is 0.491 e. The van der Waals surface area contributed by atoms with Crippen LogP contribution >= 0.6 is 0 Å². The molecule has 2 aromatic rings. The third-order valence-corrected chi connectivity index (χ3v) is 3.06. The van der Waals surface area contributed by atoms with E-state index in [4.69, 9.17) is 10.00 Å². The van der Waals surface area contributed by atoms with Crippen molar-refractivity contribution in [2.75, 3.05) is 5.32 Å². The highest BCUT2D eigenvalue weighted by Gasteiger charge is 2.04. The first-order valence-electron chi connectivity index (χ1n) is 7.13. The van der Waals surface area contributed by atoms with Crippen LogP contribution in [0.2, 0.25) is 0 Å². The molecule has 0 aromatic heterocycles. The monoisotopic (exact) mass is 280 g/mol. The quantitative estimate of drug-likeness (QED) is 0.864. The summed E-state index contributed by atoms with van der Waals surface area (Å²) in [5, 5.41) is 12.0. The van der Waals surface area contributed by atoms with Crippen molar-refractivity contribution in [3.05, 3.63) is 59.7 Å². The summed E-state index contributed by atoms with van der Waals surface area (Å²) in [6, 6.07) is 18.2. The number of rotatable bonds is 6. The van der Waals surface area contributed by atoms with E-state index in [1.807, 2.05) is 56.3 Å². The highest BCUT2D eigenvalue weighted by atomic mass is 16.5. The number of ether oxygens (including phenoxy) is 1. The molecule has 0 heterocycles. The Morgan fingerprint density at radius 3 is 2.48 bits per heavy atom. The Balaban J connectivity index is 2.01. The molecule has 0 unspecified atom stereocenters. The van der Waals surface area contributed by atoms with E-state index >= 15 is 0 Å². The second-order valence-corrected chi connectivity index (χ2v) is 5.16. The first kappa shape index (κ1) is 14.9. The smallest absolute Gasteiger partial charge is 0.124 e. The average molecular weight is 280 g/mol. The second kappa shape index (κ2) is 7.35. The molecule has 0 aliphatic rings. The lowest BCUT2D eigenvalue weighted by Crippen LogP contribution is -2.09. The van der Waals surface area contributed by atoms with Gasteiger partial charge in [-0.05, 0) is 37.6 Å². The predicted octanol–water partition coefficient (Wildman–Crippen LogP) is 4.15. The van der Waals surface area contributed by atoms with Gasteiger partial charge in [-0.15, -0.1) is 0 Å². The number of nitriles is 1. The van der Waals surface area contributed by atoms with Crippen LogP contribution in [-0.4, -0.2) is 6.10 Å². The van der Waals surface area contributed by atoms with Crippen molar-refractivity contribution < 1.29 is 4.74 Å². The zero-order valence-corrected chi connectivity index (χ0v) is 12.5. The number of nitrogens with zero attached hydrogens (tertiary/aromatic N) is 1. The molecule has 0 radical (unpaired) electrons. The van der Waals surface area contributed by atoms with E-state index in [-0.39, 0.29) is 6.10 Å². The molecular formula is C18H20N2O. The molecule has 0 spiro atoms. The van der Waals surface area contributed by atoms with Gasteiger partial charge in [-0.2, -0.15) is 5.26 Å². The lowest BCUT2D eigenvalue weighted by molar-refractivity contribution is 0.240. The molecule has 0 aliphatic heterocycles. The minimum atomic E-state index is 0.163. The van der Waals surface area contributed by atoms with E-state index < -0.39 is 0 Å². The van der Waals surface area contributed by atoms with E-state index in [1.165, 1.54) is 0 Å². The van der Waals surface area contributed by atoms with Gasteiger partial charge >= 0.3 is 0 Å². The van der Waals surface area contributed by atoms with Crippen molar-refractivity contribution in [1.29, 1.82) is 5.26 Å². The van der Waals surface area contributed by atoms with E-state index in [0.717, 1.165) is 22.6 Å². The zero-order chi connectivity index (χ0) is 15.1. The highest BCUT2D eigenvalue weighted by Crippen LogP contribution is 2.21. The molecule has 0 aliphatic carbocycles. The first-order chi connectivity index (χ1) is 10.2. The maximum Gasteiger partial charge on any atom is 0.124 e. The zero-order valence-electron chi connectivity index (χ0n) is 12.5. The number of anilines is 1. The number of hydrogen-bond donors (Lipinski definition) is 1. The molecule has 3 heteroatoms. The summed E-state index contributed by atoms with van der Waals surface area (Å²) in [6.45, 7) is 4.76. The summed E-state index contributed by atoms with van der Waals surface area (Å²) in [4.78, 5) is 0. The van der Waals surface area contributed by atoms with Crippen LogP contribution in [0.4, 0.5) is 5.69 Å². The Morgan fingerprint density at radius 2 is 1.81 bits per heavy atom. The van der Waals surface area contributed by atoms with Gasteiger partial charge in [0, 0.05) is 17.8 Å². The molecule has 2 aromatic carbocycles. The average Bonchev–Trinajstić information content (AvgIpc) is 2.48. The van der Waals surface area contributed by atoms with Crippen LogP contribution < -0.4 is 10.1 Å². The van der Waals surface area contributed by atoms with Crippen molar-refractivity contribution >= 4 is 5.69 Å². The van der Waals surface area contributed by atoms with Crippen LogP contribution in [0, 0.1) is 11.3 Å². The molecule has 0 atom stereocenters. The molecule has 1 N–H and O–H groups in total. The van der Waals surface area contributed by atoms with Crippen LogP contribution in [0.1, 0.15) is 25.0 Å². The number of para-hydroxylation sites is 1. The van der Waals surface area contributed by atoms with Gasteiger partial charge in [0.25, 0.3) is 0 Å². The fraction of sp³-hybridized carbons (Fsp3) is 0.278. The SMILES string of the molecule is CC(C)Oc1ccccc1CNc1ccc(CC#N)cc1. The summed E-state index contributed by atoms with van der Waals surface area (Å²) < 4.78 is 5.81. The topological polar surface area (TPSA) is 45.0 Å². The fourth-order valence-corrected chi connectivity index (χ4v) is 2.05. The van der Waals surface area contributed by atoms with Crippen molar-refractivity contribution in [2.24, 2.45) is 0 Å². The highest BCUT2D eigenvalue weighted by molar-refractivity contribution is 5.46. The van der Waals surface area contributed by atoms with E-state index in [1.54, 1.807) is 0 Å². The minimum absolute atomic E-state index is 0.163. The van der Waals surface area contributed by atoms with Crippen molar-refractivity contribution in [3.8, 4) is 11.8 Å². The van der Waals surface area contributed by atoms with Gasteiger partial charge < -0.3 is 10.1 Å². The van der Waals surface area contributed by atoms with Gasteiger partial charge in [-0.1, -0.05) is 30.3 Å². The number of benzene rings is 2. The van der Waals surface area contributed by atoms with E-state index in [0.29, 0.717) is 13.0 Å². The Morgan fingerprint density at radius 1 is 1.10 bits per heavy atom. The normalized spacial score (nSPS) is 10.2. The van der Waals surface area contributed by atoms with Crippen LogP contribution in [0.3, 0.4) is 0 Å². The van der Waals surface area contributed by atoms with Gasteiger partial charge in [0.15, 0.2) is 0 Å². The van der Waals surface area contributed by atoms with Crippen molar-refractivity contribution in [3.63, 3.8) is 0 Å². The maximum absolute atomic E-state index is 8.66. The molecule has 108 valence electrons. The maximum atomic E-state index is 8.66. The van der Waals surface area contributed by atoms with Crippen molar-refractivity contribution in [1.82, 2.24) is 0 Å². The van der Waals surface area contributed by atoms with Gasteiger partial charge in [-0.25, -0.2) is 0 Å². The Bertz CT molecular complexity index is 612. The van der Waals surface area contributed by atoms with Gasteiger partial charge in [-0.3, -0.25) is 0 Å². The molecule has 0 fully saturated rings. The first-order valence-corrected chi connectivity index (χ1v) is 7.13. The van der Waals surface area contributed by atoms with Gasteiger partial charge in [0.2, 0.25) is 0 Å². The predicted molar refractivity (Wildman–Crippen MR) is 85.3 cm³/mol. The van der Waals surface area contributed by atoms with Crippen molar-refractivity contribution in [2.45, 2.75) is 32.9 Å². The molecule has 3 nitrogen and oxygen atoms in total. The molecule has 2 rings (SSSR count). The fourth-order valence-electron chi connectivity index (χ4n) is 2.05. The molecule has 21 heavy (non-hydrogen) atoms. The molecule has 0 saturated carbocycles. The third-order valence-electron chi connectivity index (χ3n) is 3.06. The van der Waals surface area contributed by atoms with Crippen LogP contribution in [0.25, 0.3) is 0 Å². The molecule has 0 amide bonds. The summed E-state index contributed by atoms with van der Waals surface area (Å²) in [6.07, 6.45) is 0.613. The minimum Gasteiger partial charge on any atom is -0.491 e. The summed E-state index contributed by atoms with van der Waals surface area (Å²) in [5.74, 6) is 0.918. The Labute approximate surface area is 126 Å². The number of hydrogen-bond acceptors (Lipinski definition) is 3. The van der Waals surface area contributed by atoms with Crippen LogP contribution in [-0.2, 0) is 13.0 Å². The Kier molecular flexibility index (Phi) is 5.22. The molecule has 0 saturated heterocycles. The van der Waals surface area contributed by atoms with Crippen LogP contribution in [0.15, 0.2) is 48.5 Å². The van der Waals surface area contributed by atoms with Gasteiger partial charge in [0.05, 0.1) is 18.6 Å². The standard InChI is InChI=1S/C18H20N2O/c1-14(2)21-18-6-4-3-5-16(18)13-20-17-9-7-15(8-10-17)11-12-19/h3-10,14,20H,11,13H2,1-2H3. The van der Waals surface area contributed by atoms with E-state index in [2.05, 4.69) is 17.5 Å². The van der Waals surface area contributed by atoms with Crippen LogP contribution in [0.5, 0.6) is 5.75 Å². The second-order valence-electron chi connectivity index (χ2n) is 5.16. The summed E-state index contributed by atoms with van der Waals surface area (Å²) in [7, 11) is 0. The number of nitrogens with one attached hydrogen (secondary N) is 1. The van der Waals surface area contributed by atoms with Gasteiger partial charge in [0.1, 0.15) is 5.75 Å².